The Morgan fingerprint density at radius 2 is 1.29 bits per heavy atom. The van der Waals surface area contributed by atoms with Crippen molar-refractivity contribution < 1.29 is 0 Å². The highest BCUT2D eigenvalue weighted by Crippen LogP contribution is 2.23. The molecule has 14 heavy (non-hydrogen) atoms. The molecule has 0 aromatic heterocycles. The molecule has 88 valence electrons. The fraction of sp³-hybridized carbons (Fsp3) is 0.667. The number of hydrogen-bond acceptors (Lipinski definition) is 0. The van der Waals surface area contributed by atoms with Crippen molar-refractivity contribution in [2.45, 2.75) is 26.3 Å². The number of allylic oxidation sites excluding steroid dienone is 1. The van der Waals surface area contributed by atoms with Crippen LogP contribution in [0, 0.1) is 0 Å². The molecule has 0 fully saturated rings. The monoisotopic (exact) mass is 352 g/mol. The number of halogens is 6. The van der Waals surface area contributed by atoms with E-state index in [1.54, 1.807) is 0 Å². The first kappa shape index (κ1) is 21.2. The van der Waals surface area contributed by atoms with Gasteiger partial charge in [0.15, 0.2) is 0 Å². The van der Waals surface area contributed by atoms with Gasteiger partial charge in [0.2, 0.25) is 0 Å². The third-order valence-corrected chi connectivity index (χ3v) is 3.90. The van der Waals surface area contributed by atoms with Crippen molar-refractivity contribution in [2.75, 3.05) is 0 Å². The van der Waals surface area contributed by atoms with Crippen molar-refractivity contribution in [1.29, 1.82) is 0 Å². The highest BCUT2D eigenvalue weighted by Gasteiger charge is 2.20. The van der Waals surface area contributed by atoms with Gasteiger partial charge in [0, 0.05) is 0 Å². The predicted molar refractivity (Wildman–Crippen MR) is 79.0 cm³/mol. The lowest BCUT2D eigenvalue weighted by molar-refractivity contribution is 1.23. The summed E-state index contributed by atoms with van der Waals surface area (Å²) >= 11 is 31.0. The van der Waals surface area contributed by atoms with Gasteiger partial charge in [-0.15, -0.1) is 73.1 Å². The molecule has 8 heteroatoms. The minimum Gasteiger partial charge on any atom is -0.130 e. The minimum absolute atomic E-state index is 0.706. The van der Waals surface area contributed by atoms with Crippen molar-refractivity contribution in [3.05, 3.63) is 12.7 Å². The van der Waals surface area contributed by atoms with Crippen molar-refractivity contribution in [3.63, 3.8) is 0 Å². The van der Waals surface area contributed by atoms with Gasteiger partial charge < -0.3 is 0 Å². The average molecular weight is 355 g/mol. The Bertz CT molecular complexity index is 111. The van der Waals surface area contributed by atoms with Crippen LogP contribution in [0.4, 0.5) is 0 Å². The van der Waals surface area contributed by atoms with E-state index in [0.717, 1.165) is 6.42 Å². The van der Waals surface area contributed by atoms with Crippen LogP contribution in [0.1, 0.15) is 20.3 Å². The first-order valence-corrected chi connectivity index (χ1v) is 14.3. The molecular weight excluding hydrogens is 341 g/mol. The zero-order valence-electron chi connectivity index (χ0n) is 8.04. The van der Waals surface area contributed by atoms with Crippen LogP contribution < -0.4 is 0 Å². The van der Waals surface area contributed by atoms with Gasteiger partial charge in [-0.2, -0.15) is 0 Å². The quantitative estimate of drug-likeness (QED) is 0.340. The molecule has 0 aliphatic heterocycles. The van der Waals surface area contributed by atoms with E-state index in [0.29, 0.717) is 6.04 Å². The van der Waals surface area contributed by atoms with Gasteiger partial charge in [0.1, 0.15) is 0 Å². The van der Waals surface area contributed by atoms with E-state index in [9.17, 15) is 0 Å². The van der Waals surface area contributed by atoms with Crippen LogP contribution in [0.5, 0.6) is 0 Å². The van der Waals surface area contributed by atoms with Gasteiger partial charge in [0.25, 0.3) is 0 Å². The molecule has 0 bridgehead atoms. The molecule has 0 aromatic carbocycles. The lowest BCUT2D eigenvalue weighted by Gasteiger charge is -1.98. The second kappa shape index (κ2) is 14.9. The van der Waals surface area contributed by atoms with Crippen molar-refractivity contribution >= 4 is 79.2 Å². The van der Waals surface area contributed by atoms with Crippen LogP contribution in [0.3, 0.4) is 0 Å². The molecule has 0 atom stereocenters. The molecule has 0 radical (unpaired) electrons. The highest BCUT2D eigenvalue weighted by atomic mass is 35.8. The summed E-state index contributed by atoms with van der Waals surface area (Å²) in [5.74, 6) is 0. The summed E-state index contributed by atoms with van der Waals surface area (Å²) in [4.78, 5) is 0. The summed E-state index contributed by atoms with van der Waals surface area (Å²) in [6.45, 7) is 5.69. The van der Waals surface area contributed by atoms with Gasteiger partial charge in [-0.05, 0) is 12.5 Å². The lowest BCUT2D eigenvalue weighted by atomic mass is 10.5. The van der Waals surface area contributed by atoms with Gasteiger partial charge >= 0.3 is 12.7 Å². The van der Waals surface area contributed by atoms with E-state index in [1.165, 1.54) is 0 Å². The van der Waals surface area contributed by atoms with E-state index in [2.05, 4.69) is 13.5 Å². The number of rotatable bonds is 2. The van der Waals surface area contributed by atoms with Crippen LogP contribution in [0.2, 0.25) is 6.04 Å². The van der Waals surface area contributed by atoms with Crippen LogP contribution >= 0.6 is 66.5 Å². The third kappa shape index (κ3) is 66.3. The Morgan fingerprint density at radius 1 is 1.14 bits per heavy atom. The van der Waals surface area contributed by atoms with E-state index in [4.69, 9.17) is 66.5 Å². The third-order valence-electron chi connectivity index (χ3n) is 0.690. The molecule has 0 nitrogen and oxygen atoms in total. The zero-order chi connectivity index (χ0) is 12.2. The van der Waals surface area contributed by atoms with E-state index in [-0.39, 0.29) is 0 Å². The second-order valence-corrected chi connectivity index (χ2v) is 17.8. The van der Waals surface area contributed by atoms with Gasteiger partial charge in [-0.1, -0.05) is 19.9 Å². The Balaban J connectivity index is -0.000000135. The first-order valence-electron chi connectivity index (χ1n) is 3.81. The minimum atomic E-state index is -2.21. The van der Waals surface area contributed by atoms with E-state index < -0.39 is 12.7 Å². The summed E-state index contributed by atoms with van der Waals surface area (Å²) < 4.78 is 0. The lowest BCUT2D eigenvalue weighted by Crippen LogP contribution is -2.04. The molecule has 0 saturated carbocycles. The molecule has 0 spiro atoms. The molecule has 0 heterocycles. The number of hydrogen-bond donors (Lipinski definition) is 0. The second-order valence-electron chi connectivity index (χ2n) is 1.91. The first-order chi connectivity index (χ1) is 6.21. The maximum atomic E-state index is 5.39. The largest absolute Gasteiger partial charge is 0.341 e. The van der Waals surface area contributed by atoms with Crippen molar-refractivity contribution in [1.82, 2.24) is 0 Å². The molecule has 0 saturated heterocycles. The Kier molecular flexibility index (Phi) is 22.6. The summed E-state index contributed by atoms with van der Waals surface area (Å²) in [6, 6.07) is -1.51. The maximum Gasteiger partial charge on any atom is 0.341 e. The van der Waals surface area contributed by atoms with E-state index >= 15 is 0 Å². The van der Waals surface area contributed by atoms with Crippen LogP contribution in [-0.4, -0.2) is 12.7 Å². The normalized spacial score (nSPS) is 9.50. The molecule has 0 N–H and O–H groups in total. The van der Waals surface area contributed by atoms with Crippen molar-refractivity contribution in [3.8, 4) is 0 Å². The summed E-state index contributed by atoms with van der Waals surface area (Å²) in [5, 5.41) is 0. The van der Waals surface area contributed by atoms with Crippen LogP contribution in [0.15, 0.2) is 12.7 Å². The molecule has 0 amide bonds. The molecule has 0 aliphatic rings. The summed E-state index contributed by atoms with van der Waals surface area (Å²) in [6.07, 6.45) is 2.96. The van der Waals surface area contributed by atoms with Gasteiger partial charge in [0.05, 0.1) is 0 Å². The average Bonchev–Trinajstić information content (AvgIpc) is 2.03. The van der Waals surface area contributed by atoms with Gasteiger partial charge in [-0.3, -0.25) is 0 Å². The molecule has 0 rings (SSSR count). The Hall–Kier alpha value is 1.91. The predicted octanol–water partition coefficient (Wildman–Crippen LogP) is 5.66. The molecule has 0 aliphatic carbocycles. The van der Waals surface area contributed by atoms with Gasteiger partial charge in [-0.25, -0.2) is 0 Å². The maximum absolute atomic E-state index is 5.39. The standard InChI is InChI=1S/C4H8.C2H5Cl3Si.Cl3HSi/c1-3-4-2;1-2-6(3,4)5;1-4(2)3/h3H,1,4H2,2H3;2H2,1H3;4H. The molecular formula is C6H14Cl6Si2. The zero-order valence-corrected chi connectivity index (χ0v) is 14.7. The SMILES string of the molecule is C=CCC.CC[Si](Cl)(Cl)Cl.Cl[SiH](Cl)Cl. The fourth-order valence-corrected chi connectivity index (χ4v) is 0. The Morgan fingerprint density at radius 3 is 1.29 bits per heavy atom. The van der Waals surface area contributed by atoms with Crippen LogP contribution in [0.25, 0.3) is 0 Å². The molecule has 0 aromatic rings. The summed E-state index contributed by atoms with van der Waals surface area (Å²) in [5.41, 5.74) is 0. The smallest absolute Gasteiger partial charge is 0.130 e. The molecule has 0 unspecified atom stereocenters. The summed E-state index contributed by atoms with van der Waals surface area (Å²) in [7, 11) is 0. The fourth-order valence-electron chi connectivity index (χ4n) is 0. The van der Waals surface area contributed by atoms with Crippen molar-refractivity contribution in [2.24, 2.45) is 0 Å². The highest BCUT2D eigenvalue weighted by molar-refractivity contribution is 7.64. The van der Waals surface area contributed by atoms with E-state index in [1.807, 2.05) is 13.0 Å². The van der Waals surface area contributed by atoms with Crippen LogP contribution in [-0.2, 0) is 0 Å². The Labute approximate surface area is 117 Å². The topological polar surface area (TPSA) is 0 Å².